The molecule has 1 aliphatic rings. The smallest absolute Gasteiger partial charge is 0.125 e. The molecule has 0 N–H and O–H groups in total. The minimum atomic E-state index is 0.520. The van der Waals surface area contributed by atoms with E-state index in [4.69, 9.17) is 0 Å². The lowest BCUT2D eigenvalue weighted by molar-refractivity contribution is -0.107. The van der Waals surface area contributed by atoms with Gasteiger partial charge in [-0.05, 0) is 30.2 Å². The summed E-state index contributed by atoms with van der Waals surface area (Å²) in [4.78, 5) is 17.0. The first kappa shape index (κ1) is 17.3. The van der Waals surface area contributed by atoms with Crippen molar-refractivity contribution in [2.45, 2.75) is 12.8 Å². The van der Waals surface area contributed by atoms with Crippen LogP contribution in [0.5, 0.6) is 0 Å². The molecule has 4 rings (SSSR count). The van der Waals surface area contributed by atoms with Gasteiger partial charge >= 0.3 is 0 Å². The molecule has 0 amide bonds. The van der Waals surface area contributed by atoms with Crippen molar-refractivity contribution < 1.29 is 4.79 Å². The molecule has 134 valence electrons. The minimum absolute atomic E-state index is 0.520. The highest BCUT2D eigenvalue weighted by molar-refractivity contribution is 7.19. The average Bonchev–Trinajstić information content (AvgIpc) is 3.10. The first-order chi connectivity index (χ1) is 12.8. The highest BCUT2D eigenvalue weighted by atomic mass is 32.1. The third-order valence-corrected chi connectivity index (χ3v) is 6.27. The first-order valence-electron chi connectivity index (χ1n) is 9.30. The zero-order valence-corrected chi connectivity index (χ0v) is 15.8. The monoisotopic (exact) mass is 364 g/mol. The highest BCUT2D eigenvalue weighted by Crippen LogP contribution is 2.34. The summed E-state index contributed by atoms with van der Waals surface area (Å²) in [6, 6.07) is 19.5. The van der Waals surface area contributed by atoms with Crippen molar-refractivity contribution in [1.29, 1.82) is 0 Å². The van der Waals surface area contributed by atoms with Crippen LogP contribution >= 0.6 is 11.3 Å². The van der Waals surface area contributed by atoms with E-state index in [0.717, 1.165) is 50.3 Å². The van der Waals surface area contributed by atoms with Crippen LogP contribution in [0.2, 0.25) is 0 Å². The van der Waals surface area contributed by atoms with Crippen molar-refractivity contribution in [2.75, 3.05) is 37.6 Å². The van der Waals surface area contributed by atoms with Gasteiger partial charge < -0.3 is 9.69 Å². The third kappa shape index (κ3) is 3.81. The SMILES string of the molecule is O=CCc1cc2c(N3CCN(CCc4ccccc4)CC3)cccc2s1. The van der Waals surface area contributed by atoms with Gasteiger partial charge in [-0.1, -0.05) is 36.4 Å². The lowest BCUT2D eigenvalue weighted by Gasteiger charge is -2.36. The van der Waals surface area contributed by atoms with Crippen LogP contribution in [0.15, 0.2) is 54.6 Å². The Labute approximate surface area is 158 Å². The van der Waals surface area contributed by atoms with E-state index in [1.54, 1.807) is 11.3 Å². The number of carbonyl (C=O) groups excluding carboxylic acids is 1. The predicted octanol–water partition coefficient (Wildman–Crippen LogP) is 4.01. The summed E-state index contributed by atoms with van der Waals surface area (Å²) in [7, 11) is 0. The largest absolute Gasteiger partial charge is 0.368 e. The molecule has 4 heteroatoms. The van der Waals surface area contributed by atoms with Crippen molar-refractivity contribution in [3.05, 3.63) is 65.0 Å². The number of anilines is 1. The quantitative estimate of drug-likeness (QED) is 0.618. The Kier molecular flexibility index (Phi) is 5.32. The summed E-state index contributed by atoms with van der Waals surface area (Å²) in [5.41, 5.74) is 2.74. The molecule has 0 aliphatic carbocycles. The Morgan fingerprint density at radius 3 is 2.54 bits per heavy atom. The van der Waals surface area contributed by atoms with Crippen molar-refractivity contribution in [3.8, 4) is 0 Å². The van der Waals surface area contributed by atoms with E-state index in [1.807, 2.05) is 0 Å². The molecule has 1 aromatic heterocycles. The maximum atomic E-state index is 10.8. The number of nitrogens with zero attached hydrogens (tertiary/aromatic N) is 2. The van der Waals surface area contributed by atoms with E-state index in [2.05, 4.69) is 64.4 Å². The van der Waals surface area contributed by atoms with Crippen LogP contribution in [0.3, 0.4) is 0 Å². The summed E-state index contributed by atoms with van der Waals surface area (Å²) < 4.78 is 1.28. The Bertz CT molecular complexity index is 866. The number of thiophene rings is 1. The lowest BCUT2D eigenvalue weighted by atomic mass is 10.1. The van der Waals surface area contributed by atoms with Gasteiger partial charge in [0, 0.05) is 59.8 Å². The Morgan fingerprint density at radius 1 is 0.962 bits per heavy atom. The summed E-state index contributed by atoms with van der Waals surface area (Å²) in [6.45, 7) is 5.46. The van der Waals surface area contributed by atoms with Crippen LogP contribution < -0.4 is 4.90 Å². The van der Waals surface area contributed by atoms with Crippen molar-refractivity contribution >= 4 is 33.4 Å². The minimum Gasteiger partial charge on any atom is -0.368 e. The van der Waals surface area contributed by atoms with E-state index in [0.29, 0.717) is 6.42 Å². The third-order valence-electron chi connectivity index (χ3n) is 5.15. The van der Waals surface area contributed by atoms with E-state index < -0.39 is 0 Å². The Morgan fingerprint density at radius 2 is 1.77 bits per heavy atom. The van der Waals surface area contributed by atoms with E-state index in [9.17, 15) is 4.79 Å². The molecule has 0 atom stereocenters. The predicted molar refractivity (Wildman–Crippen MR) is 110 cm³/mol. The van der Waals surface area contributed by atoms with Crippen LogP contribution in [-0.2, 0) is 17.6 Å². The zero-order chi connectivity index (χ0) is 17.8. The number of benzene rings is 2. The van der Waals surface area contributed by atoms with Gasteiger partial charge in [0.1, 0.15) is 6.29 Å². The molecule has 0 bridgehead atoms. The van der Waals surface area contributed by atoms with Gasteiger partial charge in [0.25, 0.3) is 0 Å². The average molecular weight is 365 g/mol. The van der Waals surface area contributed by atoms with Crippen molar-refractivity contribution in [1.82, 2.24) is 4.90 Å². The maximum Gasteiger partial charge on any atom is 0.125 e. The second-order valence-corrected chi connectivity index (χ2v) is 8.01. The van der Waals surface area contributed by atoms with E-state index in [1.165, 1.54) is 21.3 Å². The summed E-state index contributed by atoms with van der Waals surface area (Å²) in [6.07, 6.45) is 2.64. The number of aldehydes is 1. The number of carbonyl (C=O) groups is 1. The number of hydrogen-bond acceptors (Lipinski definition) is 4. The molecular formula is C22H24N2OS. The standard InChI is InChI=1S/C22H24N2OS/c25-16-10-19-17-20-21(7-4-8-22(20)26-19)24-14-12-23(13-15-24)11-9-18-5-2-1-3-6-18/h1-8,16-17H,9-15H2. The second kappa shape index (κ2) is 8.02. The van der Waals surface area contributed by atoms with Gasteiger partial charge in [0.15, 0.2) is 0 Å². The molecule has 2 aromatic carbocycles. The molecule has 3 nitrogen and oxygen atoms in total. The van der Waals surface area contributed by atoms with Crippen LogP contribution in [0.25, 0.3) is 10.1 Å². The van der Waals surface area contributed by atoms with Crippen LogP contribution in [0, 0.1) is 0 Å². The maximum absolute atomic E-state index is 10.8. The number of hydrogen-bond donors (Lipinski definition) is 0. The van der Waals surface area contributed by atoms with E-state index in [-0.39, 0.29) is 0 Å². The molecule has 0 spiro atoms. The zero-order valence-electron chi connectivity index (χ0n) is 14.9. The molecular weight excluding hydrogens is 340 g/mol. The first-order valence-corrected chi connectivity index (χ1v) is 10.1. The second-order valence-electron chi connectivity index (χ2n) is 6.84. The number of rotatable bonds is 6. The van der Waals surface area contributed by atoms with Crippen LogP contribution in [-0.4, -0.2) is 43.9 Å². The van der Waals surface area contributed by atoms with Gasteiger partial charge in [-0.25, -0.2) is 0 Å². The fourth-order valence-corrected chi connectivity index (χ4v) is 4.73. The van der Waals surface area contributed by atoms with Gasteiger partial charge in [-0.15, -0.1) is 11.3 Å². The normalized spacial score (nSPS) is 15.5. The summed E-state index contributed by atoms with van der Waals surface area (Å²) in [5.74, 6) is 0. The summed E-state index contributed by atoms with van der Waals surface area (Å²) in [5, 5.41) is 1.30. The van der Waals surface area contributed by atoms with Gasteiger partial charge in [0.05, 0.1) is 0 Å². The topological polar surface area (TPSA) is 23.6 Å². The molecule has 0 unspecified atom stereocenters. The number of fused-ring (bicyclic) bond motifs is 1. The van der Waals surface area contributed by atoms with E-state index >= 15 is 0 Å². The van der Waals surface area contributed by atoms with Crippen LogP contribution in [0.1, 0.15) is 10.4 Å². The fourth-order valence-electron chi connectivity index (χ4n) is 3.70. The van der Waals surface area contributed by atoms with Gasteiger partial charge in [-0.3, -0.25) is 4.90 Å². The molecule has 0 saturated carbocycles. The van der Waals surface area contributed by atoms with Crippen LogP contribution in [0.4, 0.5) is 5.69 Å². The molecule has 3 aromatic rings. The molecule has 2 heterocycles. The molecule has 26 heavy (non-hydrogen) atoms. The fraction of sp³-hybridized carbons (Fsp3) is 0.318. The summed E-state index contributed by atoms with van der Waals surface area (Å²) >= 11 is 1.74. The Balaban J connectivity index is 1.40. The van der Waals surface area contributed by atoms with Crippen molar-refractivity contribution in [3.63, 3.8) is 0 Å². The molecule has 1 fully saturated rings. The highest BCUT2D eigenvalue weighted by Gasteiger charge is 2.19. The Hall–Kier alpha value is -2.17. The van der Waals surface area contributed by atoms with Crippen molar-refractivity contribution in [2.24, 2.45) is 0 Å². The molecule has 1 saturated heterocycles. The number of piperazine rings is 1. The molecule has 0 radical (unpaired) electrons. The molecule has 1 aliphatic heterocycles. The lowest BCUT2D eigenvalue weighted by Crippen LogP contribution is -2.47. The van der Waals surface area contributed by atoms with Gasteiger partial charge in [0.2, 0.25) is 0 Å². The van der Waals surface area contributed by atoms with Gasteiger partial charge in [-0.2, -0.15) is 0 Å².